The average molecular weight is 245 g/mol. The zero-order valence-corrected chi connectivity index (χ0v) is 10.7. The molecule has 1 saturated carbocycles. The third-order valence-corrected chi connectivity index (χ3v) is 3.67. The maximum absolute atomic E-state index is 10.4. The van der Waals surface area contributed by atoms with Crippen molar-refractivity contribution in [2.45, 2.75) is 38.2 Å². The number of nitrogens with one attached hydrogen (secondary N) is 1. The third-order valence-electron chi connectivity index (χ3n) is 3.67. The number of hydrogen-bond acceptors (Lipinski definition) is 4. The maximum Gasteiger partial charge on any atom is 0.142 e. The summed E-state index contributed by atoms with van der Waals surface area (Å²) in [6.45, 7) is 2.73. The summed E-state index contributed by atoms with van der Waals surface area (Å²) >= 11 is 0. The molecule has 0 spiro atoms. The smallest absolute Gasteiger partial charge is 0.142 e. The van der Waals surface area contributed by atoms with Gasteiger partial charge >= 0.3 is 0 Å². The van der Waals surface area contributed by atoms with Crippen LogP contribution in [0.1, 0.15) is 38.3 Å². The lowest BCUT2D eigenvalue weighted by atomic mass is 9.79. The highest BCUT2D eigenvalue weighted by atomic mass is 16.3. The molecule has 0 aliphatic heterocycles. The first-order chi connectivity index (χ1) is 8.61. The van der Waals surface area contributed by atoms with Crippen LogP contribution in [0.2, 0.25) is 0 Å². The molecule has 1 aromatic heterocycles. The molecular weight excluding hydrogens is 226 g/mol. The summed E-state index contributed by atoms with van der Waals surface area (Å²) in [7, 11) is 0. The summed E-state index contributed by atoms with van der Waals surface area (Å²) in [6, 6.07) is 7.28. The van der Waals surface area contributed by atoms with Crippen LogP contribution in [0.4, 0.5) is 5.82 Å². The Balaban J connectivity index is 1.93. The van der Waals surface area contributed by atoms with E-state index in [9.17, 15) is 5.11 Å². The number of nitrogens with zero attached hydrogens (tertiary/aromatic N) is 2. The van der Waals surface area contributed by atoms with Crippen LogP contribution in [-0.4, -0.2) is 22.2 Å². The fourth-order valence-electron chi connectivity index (χ4n) is 2.33. The Hall–Kier alpha value is -1.60. The second-order valence-electron chi connectivity index (χ2n) is 5.28. The number of aliphatic hydroxyl groups is 1. The van der Waals surface area contributed by atoms with E-state index in [1.165, 1.54) is 0 Å². The van der Waals surface area contributed by atoms with Gasteiger partial charge in [-0.25, -0.2) is 4.98 Å². The molecule has 18 heavy (non-hydrogen) atoms. The van der Waals surface area contributed by atoms with E-state index in [-0.39, 0.29) is 0 Å². The van der Waals surface area contributed by atoms with Gasteiger partial charge in [-0.2, -0.15) is 5.26 Å². The maximum atomic E-state index is 10.4. The SMILES string of the molecule is CC1CCC(O)(CNc2cccc(C#N)n2)CC1. The van der Waals surface area contributed by atoms with E-state index in [0.717, 1.165) is 25.7 Å². The van der Waals surface area contributed by atoms with Crippen molar-refractivity contribution in [1.29, 1.82) is 5.26 Å². The minimum absolute atomic E-state index is 0.393. The minimum atomic E-state index is -0.628. The first-order valence-electron chi connectivity index (χ1n) is 6.45. The Bertz CT molecular complexity index is 445. The lowest BCUT2D eigenvalue weighted by Gasteiger charge is -2.35. The predicted molar refractivity (Wildman–Crippen MR) is 70.0 cm³/mol. The molecule has 1 aliphatic carbocycles. The highest BCUT2D eigenvalue weighted by Crippen LogP contribution is 2.31. The summed E-state index contributed by atoms with van der Waals surface area (Å²) in [4.78, 5) is 4.14. The summed E-state index contributed by atoms with van der Waals surface area (Å²) < 4.78 is 0. The van der Waals surface area contributed by atoms with Gasteiger partial charge in [-0.15, -0.1) is 0 Å². The third kappa shape index (κ3) is 3.21. The van der Waals surface area contributed by atoms with E-state index in [1.807, 2.05) is 12.1 Å². The van der Waals surface area contributed by atoms with Gasteiger partial charge in [0.15, 0.2) is 0 Å². The fourth-order valence-corrected chi connectivity index (χ4v) is 2.33. The van der Waals surface area contributed by atoms with Crippen molar-refractivity contribution in [1.82, 2.24) is 4.98 Å². The Morgan fingerprint density at radius 3 is 2.89 bits per heavy atom. The molecule has 0 amide bonds. The van der Waals surface area contributed by atoms with Crippen molar-refractivity contribution < 1.29 is 5.11 Å². The predicted octanol–water partition coefficient (Wildman–Crippen LogP) is 2.31. The zero-order valence-electron chi connectivity index (χ0n) is 10.7. The van der Waals surface area contributed by atoms with Crippen molar-refractivity contribution in [3.8, 4) is 6.07 Å². The number of pyridine rings is 1. The minimum Gasteiger partial charge on any atom is -0.388 e. The zero-order chi connectivity index (χ0) is 13.0. The molecule has 0 bridgehead atoms. The average Bonchev–Trinajstić information content (AvgIpc) is 2.41. The van der Waals surface area contributed by atoms with Crippen LogP contribution in [0, 0.1) is 17.2 Å². The van der Waals surface area contributed by atoms with Gasteiger partial charge in [0, 0.05) is 6.54 Å². The number of hydrogen-bond donors (Lipinski definition) is 2. The summed E-state index contributed by atoms with van der Waals surface area (Å²) in [5.41, 5.74) is -0.235. The fraction of sp³-hybridized carbons (Fsp3) is 0.571. The second-order valence-corrected chi connectivity index (χ2v) is 5.28. The van der Waals surface area contributed by atoms with Gasteiger partial charge < -0.3 is 10.4 Å². The van der Waals surface area contributed by atoms with Gasteiger partial charge in [-0.05, 0) is 43.7 Å². The van der Waals surface area contributed by atoms with Crippen molar-refractivity contribution in [2.24, 2.45) is 5.92 Å². The Morgan fingerprint density at radius 1 is 1.50 bits per heavy atom. The molecular formula is C14H19N3O. The first-order valence-corrected chi connectivity index (χ1v) is 6.45. The van der Waals surface area contributed by atoms with Crippen LogP contribution in [-0.2, 0) is 0 Å². The number of anilines is 1. The van der Waals surface area contributed by atoms with E-state index >= 15 is 0 Å². The van der Waals surface area contributed by atoms with Gasteiger partial charge in [0.25, 0.3) is 0 Å². The lowest BCUT2D eigenvalue weighted by Crippen LogP contribution is -2.40. The van der Waals surface area contributed by atoms with Gasteiger partial charge in [0.1, 0.15) is 17.6 Å². The largest absolute Gasteiger partial charge is 0.388 e. The molecule has 1 fully saturated rings. The van der Waals surface area contributed by atoms with Gasteiger partial charge in [-0.1, -0.05) is 13.0 Å². The van der Waals surface area contributed by atoms with Crippen molar-refractivity contribution in [3.05, 3.63) is 23.9 Å². The van der Waals surface area contributed by atoms with Crippen LogP contribution in [0.5, 0.6) is 0 Å². The van der Waals surface area contributed by atoms with E-state index < -0.39 is 5.60 Å². The monoisotopic (exact) mass is 245 g/mol. The summed E-state index contributed by atoms with van der Waals surface area (Å²) in [6.07, 6.45) is 3.81. The summed E-state index contributed by atoms with van der Waals surface area (Å²) in [5, 5.41) is 22.3. The van der Waals surface area contributed by atoms with E-state index in [4.69, 9.17) is 5.26 Å². The normalized spacial score (nSPS) is 27.5. The van der Waals surface area contributed by atoms with Crippen LogP contribution in [0.25, 0.3) is 0 Å². The standard InChI is InChI=1S/C14H19N3O/c1-11-5-7-14(18,8-6-11)10-16-13-4-2-3-12(9-15)17-13/h2-4,11,18H,5-8,10H2,1H3,(H,16,17). The van der Waals surface area contributed by atoms with Crippen LogP contribution >= 0.6 is 0 Å². The lowest BCUT2D eigenvalue weighted by molar-refractivity contribution is 0.00494. The Labute approximate surface area is 108 Å². The number of aromatic nitrogens is 1. The first kappa shape index (κ1) is 12.8. The molecule has 1 heterocycles. The molecule has 0 radical (unpaired) electrons. The molecule has 0 aromatic carbocycles. The summed E-state index contributed by atoms with van der Waals surface area (Å²) in [5.74, 6) is 1.37. The molecule has 2 rings (SSSR count). The molecule has 1 aromatic rings. The van der Waals surface area contributed by atoms with Crippen molar-refractivity contribution in [2.75, 3.05) is 11.9 Å². The molecule has 4 heteroatoms. The quantitative estimate of drug-likeness (QED) is 0.857. The highest BCUT2D eigenvalue weighted by molar-refractivity contribution is 5.38. The highest BCUT2D eigenvalue weighted by Gasteiger charge is 2.31. The van der Waals surface area contributed by atoms with Gasteiger partial charge in [-0.3, -0.25) is 0 Å². The van der Waals surface area contributed by atoms with Gasteiger partial charge in [0.05, 0.1) is 5.60 Å². The molecule has 4 nitrogen and oxygen atoms in total. The van der Waals surface area contributed by atoms with Crippen LogP contribution < -0.4 is 5.32 Å². The Kier molecular flexibility index (Phi) is 3.83. The number of nitriles is 1. The Morgan fingerprint density at radius 2 is 2.22 bits per heavy atom. The van der Waals surface area contributed by atoms with E-state index in [1.54, 1.807) is 12.1 Å². The molecule has 0 saturated heterocycles. The van der Waals surface area contributed by atoms with E-state index in [0.29, 0.717) is 24.0 Å². The van der Waals surface area contributed by atoms with Crippen LogP contribution in [0.3, 0.4) is 0 Å². The van der Waals surface area contributed by atoms with Crippen molar-refractivity contribution in [3.63, 3.8) is 0 Å². The second kappa shape index (κ2) is 5.36. The topological polar surface area (TPSA) is 68.9 Å². The van der Waals surface area contributed by atoms with Gasteiger partial charge in [0.2, 0.25) is 0 Å². The van der Waals surface area contributed by atoms with Crippen LogP contribution in [0.15, 0.2) is 18.2 Å². The molecule has 0 unspecified atom stereocenters. The molecule has 96 valence electrons. The van der Waals surface area contributed by atoms with Crippen molar-refractivity contribution >= 4 is 5.82 Å². The molecule has 2 N–H and O–H groups in total. The number of rotatable bonds is 3. The molecule has 0 atom stereocenters. The van der Waals surface area contributed by atoms with E-state index in [2.05, 4.69) is 17.2 Å². The molecule has 1 aliphatic rings.